The lowest BCUT2D eigenvalue weighted by atomic mass is 9.95. The number of benzene rings is 2. The first kappa shape index (κ1) is 24.6. The molecule has 2 unspecified atom stereocenters. The Morgan fingerprint density at radius 2 is 1.57 bits per heavy atom. The van der Waals surface area contributed by atoms with Gasteiger partial charge in [-0.25, -0.2) is 15.8 Å². The fourth-order valence-electron chi connectivity index (χ4n) is 4.44. The van der Waals surface area contributed by atoms with Crippen molar-refractivity contribution >= 4 is 11.7 Å². The fraction of sp³-hybridized carbons (Fsp3) is 0.370. The van der Waals surface area contributed by atoms with Crippen LogP contribution in [0.1, 0.15) is 48.9 Å². The van der Waals surface area contributed by atoms with Crippen LogP contribution in [0.25, 0.3) is 22.5 Å². The average Bonchev–Trinajstić information content (AvgIpc) is 2.87. The number of aryl methyl sites for hydroxylation is 2. The predicted molar refractivity (Wildman–Crippen MR) is 142 cm³/mol. The molecule has 0 spiro atoms. The molecule has 8 nitrogen and oxygen atoms in total. The molecule has 4 rings (SSSR count). The zero-order valence-electron chi connectivity index (χ0n) is 20.5. The van der Waals surface area contributed by atoms with Crippen molar-refractivity contribution in [2.24, 2.45) is 16.8 Å². The van der Waals surface area contributed by atoms with Gasteiger partial charge in [-0.2, -0.15) is 5.10 Å². The molecule has 1 aromatic heterocycles. The SMILES string of the molecule is Cc1ccc(-c2nc3c(nc2-c2ccc(C)cc2)NC(CCCCC/C(=N/N)NN)C(O)C3)cc1. The third-order valence-corrected chi connectivity index (χ3v) is 6.56. The summed E-state index contributed by atoms with van der Waals surface area (Å²) >= 11 is 0. The molecule has 0 radical (unpaired) electrons. The van der Waals surface area contributed by atoms with Gasteiger partial charge in [0.25, 0.3) is 0 Å². The molecule has 1 aliphatic rings. The van der Waals surface area contributed by atoms with Crippen molar-refractivity contribution in [3.8, 4) is 22.5 Å². The number of unbranched alkanes of at least 4 members (excludes halogenated alkanes) is 2. The van der Waals surface area contributed by atoms with E-state index < -0.39 is 6.10 Å². The summed E-state index contributed by atoms with van der Waals surface area (Å²) in [7, 11) is 0. The molecule has 0 saturated carbocycles. The van der Waals surface area contributed by atoms with Gasteiger partial charge in [0.2, 0.25) is 0 Å². The number of aliphatic hydroxyl groups excluding tert-OH is 1. The number of rotatable bonds is 8. The van der Waals surface area contributed by atoms with Crippen LogP contribution in [0.3, 0.4) is 0 Å². The van der Waals surface area contributed by atoms with Crippen LogP contribution < -0.4 is 22.4 Å². The third kappa shape index (κ3) is 5.96. The number of nitrogens with zero attached hydrogens (tertiary/aromatic N) is 3. The lowest BCUT2D eigenvalue weighted by Gasteiger charge is -2.31. The Hall–Kier alpha value is -3.49. The number of nitrogens with one attached hydrogen (secondary N) is 2. The Morgan fingerprint density at radius 3 is 2.14 bits per heavy atom. The standard InChI is InChI=1S/C27H35N7O/c1-17-8-12-19(13-9-17)25-26(20-14-10-18(2)11-15-20)32-27-22(30-25)16-23(35)21(31-27)6-4-3-5-7-24(33-28)34-29/h8-15,21,23,35H,3-7,16,28-29H2,1-2H3,(H,31,32)(H,33,34). The highest BCUT2D eigenvalue weighted by Gasteiger charge is 2.29. The minimum Gasteiger partial charge on any atom is -0.391 e. The van der Waals surface area contributed by atoms with E-state index in [2.05, 4.69) is 78.2 Å². The normalized spacial score (nSPS) is 17.5. The lowest BCUT2D eigenvalue weighted by molar-refractivity contribution is 0.141. The van der Waals surface area contributed by atoms with Crippen molar-refractivity contribution in [2.75, 3.05) is 5.32 Å². The molecule has 0 fully saturated rings. The van der Waals surface area contributed by atoms with E-state index in [0.717, 1.165) is 59.7 Å². The number of nitrogens with two attached hydrogens (primary N) is 2. The van der Waals surface area contributed by atoms with E-state index in [4.69, 9.17) is 21.7 Å². The van der Waals surface area contributed by atoms with E-state index in [-0.39, 0.29) is 6.04 Å². The second-order valence-corrected chi connectivity index (χ2v) is 9.29. The second kappa shape index (κ2) is 11.3. The number of hydrazone groups is 1. The largest absolute Gasteiger partial charge is 0.391 e. The van der Waals surface area contributed by atoms with E-state index in [1.165, 1.54) is 11.1 Å². The summed E-state index contributed by atoms with van der Waals surface area (Å²) in [6.45, 7) is 4.15. The number of aliphatic hydroxyl groups is 1. The van der Waals surface area contributed by atoms with E-state index in [9.17, 15) is 5.11 Å². The Bertz CT molecular complexity index is 1160. The van der Waals surface area contributed by atoms with Gasteiger partial charge in [-0.3, -0.25) is 0 Å². The average molecular weight is 474 g/mol. The molecule has 184 valence electrons. The van der Waals surface area contributed by atoms with Crippen LogP contribution in [-0.2, 0) is 6.42 Å². The first-order valence-electron chi connectivity index (χ1n) is 12.2. The third-order valence-electron chi connectivity index (χ3n) is 6.56. The van der Waals surface area contributed by atoms with Crippen LogP contribution in [0.2, 0.25) is 0 Å². The highest BCUT2D eigenvalue weighted by Crippen LogP contribution is 2.34. The van der Waals surface area contributed by atoms with Crippen LogP contribution in [0, 0.1) is 13.8 Å². The highest BCUT2D eigenvalue weighted by atomic mass is 16.3. The Morgan fingerprint density at radius 1 is 0.971 bits per heavy atom. The van der Waals surface area contributed by atoms with Crippen LogP contribution in [0.4, 0.5) is 5.82 Å². The van der Waals surface area contributed by atoms with Crippen LogP contribution in [-0.4, -0.2) is 33.1 Å². The number of anilines is 1. The van der Waals surface area contributed by atoms with Gasteiger partial charge in [0.05, 0.1) is 29.2 Å². The molecular formula is C27H35N7O. The van der Waals surface area contributed by atoms with Gasteiger partial charge in [0, 0.05) is 24.0 Å². The molecule has 7 N–H and O–H groups in total. The molecule has 3 aromatic rings. The maximum Gasteiger partial charge on any atom is 0.148 e. The maximum absolute atomic E-state index is 10.9. The number of hydrazine groups is 1. The minimum absolute atomic E-state index is 0.0665. The van der Waals surface area contributed by atoms with Gasteiger partial charge in [0.15, 0.2) is 0 Å². The summed E-state index contributed by atoms with van der Waals surface area (Å²) in [4.78, 5) is 10.1. The Balaban J connectivity index is 1.55. The summed E-state index contributed by atoms with van der Waals surface area (Å²) in [5, 5.41) is 18.0. The number of amidine groups is 1. The Labute approximate surface area is 206 Å². The van der Waals surface area contributed by atoms with Gasteiger partial charge in [0.1, 0.15) is 11.7 Å². The molecule has 1 aliphatic heterocycles. The van der Waals surface area contributed by atoms with Crippen molar-refractivity contribution in [1.82, 2.24) is 15.4 Å². The zero-order chi connectivity index (χ0) is 24.8. The van der Waals surface area contributed by atoms with E-state index in [1.54, 1.807) is 0 Å². The molecule has 0 amide bonds. The lowest BCUT2D eigenvalue weighted by Crippen LogP contribution is -2.40. The van der Waals surface area contributed by atoms with Crippen molar-refractivity contribution in [3.05, 3.63) is 65.4 Å². The predicted octanol–water partition coefficient (Wildman–Crippen LogP) is 3.81. The van der Waals surface area contributed by atoms with Gasteiger partial charge in [-0.05, 0) is 26.7 Å². The Kier molecular flexibility index (Phi) is 7.94. The number of hydrogen-bond donors (Lipinski definition) is 5. The summed E-state index contributed by atoms with van der Waals surface area (Å²) in [5.74, 6) is 12.0. The first-order chi connectivity index (χ1) is 17.0. The minimum atomic E-state index is -0.514. The van der Waals surface area contributed by atoms with E-state index in [0.29, 0.717) is 18.7 Å². The first-order valence-corrected chi connectivity index (χ1v) is 12.2. The van der Waals surface area contributed by atoms with E-state index in [1.807, 2.05) is 0 Å². The molecule has 0 aliphatic carbocycles. The summed E-state index contributed by atoms with van der Waals surface area (Å²) < 4.78 is 0. The number of hydrogen-bond acceptors (Lipinski definition) is 7. The topological polar surface area (TPSA) is 134 Å². The molecule has 2 aromatic carbocycles. The van der Waals surface area contributed by atoms with Crippen molar-refractivity contribution in [1.29, 1.82) is 0 Å². The summed E-state index contributed by atoms with van der Waals surface area (Å²) in [5.41, 5.74) is 9.44. The second-order valence-electron chi connectivity index (χ2n) is 9.29. The van der Waals surface area contributed by atoms with Gasteiger partial charge in [-0.15, -0.1) is 0 Å². The van der Waals surface area contributed by atoms with Crippen molar-refractivity contribution < 1.29 is 5.11 Å². The summed E-state index contributed by atoms with van der Waals surface area (Å²) in [6, 6.07) is 16.6. The van der Waals surface area contributed by atoms with Gasteiger partial charge in [-0.1, -0.05) is 72.5 Å². The smallest absolute Gasteiger partial charge is 0.148 e. The molecule has 35 heavy (non-hydrogen) atoms. The zero-order valence-corrected chi connectivity index (χ0v) is 20.5. The molecule has 8 heteroatoms. The van der Waals surface area contributed by atoms with Crippen LogP contribution in [0.15, 0.2) is 53.6 Å². The van der Waals surface area contributed by atoms with Crippen LogP contribution >= 0.6 is 0 Å². The van der Waals surface area contributed by atoms with Gasteiger partial charge >= 0.3 is 0 Å². The molecule has 0 bridgehead atoms. The summed E-state index contributed by atoms with van der Waals surface area (Å²) in [6.07, 6.45) is 4.40. The van der Waals surface area contributed by atoms with Gasteiger partial charge < -0.3 is 21.7 Å². The number of fused-ring (bicyclic) bond motifs is 1. The quantitative estimate of drug-likeness (QED) is 0.110. The highest BCUT2D eigenvalue weighted by molar-refractivity contribution is 5.81. The monoisotopic (exact) mass is 473 g/mol. The maximum atomic E-state index is 10.9. The van der Waals surface area contributed by atoms with Crippen molar-refractivity contribution in [2.45, 2.75) is 64.5 Å². The molecule has 0 saturated heterocycles. The molecular weight excluding hydrogens is 438 g/mol. The fourth-order valence-corrected chi connectivity index (χ4v) is 4.44. The number of aromatic nitrogens is 2. The molecule has 2 heterocycles. The van der Waals surface area contributed by atoms with Crippen molar-refractivity contribution in [3.63, 3.8) is 0 Å². The van der Waals surface area contributed by atoms with Crippen LogP contribution in [0.5, 0.6) is 0 Å². The van der Waals surface area contributed by atoms with E-state index >= 15 is 0 Å². The molecule has 2 atom stereocenters.